The second-order valence-electron chi connectivity index (χ2n) is 7.11. The van der Waals surface area contributed by atoms with Gasteiger partial charge < -0.3 is 20.1 Å². The minimum Gasteiger partial charge on any atom is -0.497 e. The van der Waals surface area contributed by atoms with Crippen molar-refractivity contribution >= 4 is 11.8 Å². The van der Waals surface area contributed by atoms with Gasteiger partial charge in [0.15, 0.2) is 5.69 Å². The van der Waals surface area contributed by atoms with E-state index in [1.165, 1.54) is 0 Å². The monoisotopic (exact) mass is 385 g/mol. The number of carbonyl (C=O) groups is 2. The molecule has 1 fully saturated rings. The lowest BCUT2D eigenvalue weighted by atomic mass is 9.96. The van der Waals surface area contributed by atoms with E-state index in [1.807, 2.05) is 24.3 Å². The molecule has 1 atom stereocenters. The summed E-state index contributed by atoms with van der Waals surface area (Å²) in [5, 5.41) is 8.28. The van der Waals surface area contributed by atoms with Gasteiger partial charge in [-0.25, -0.2) is 4.68 Å². The van der Waals surface area contributed by atoms with Crippen LogP contribution in [-0.2, 0) is 22.7 Å². The number of amides is 2. The van der Waals surface area contributed by atoms with Crippen molar-refractivity contribution in [1.82, 2.24) is 19.9 Å². The van der Waals surface area contributed by atoms with Gasteiger partial charge in [0.2, 0.25) is 5.91 Å². The summed E-state index contributed by atoms with van der Waals surface area (Å²) < 4.78 is 12.9. The van der Waals surface area contributed by atoms with E-state index in [0.717, 1.165) is 11.3 Å². The Morgan fingerprint density at radius 3 is 2.57 bits per heavy atom. The smallest absolute Gasteiger partial charge is 0.276 e. The number of hydrogen-bond acceptors (Lipinski definition) is 6. The summed E-state index contributed by atoms with van der Waals surface area (Å²) in [6.07, 6.45) is 1.01. The first-order valence-corrected chi connectivity index (χ1v) is 9.33. The molecular weight excluding hydrogens is 362 g/mol. The number of rotatable bonds is 4. The van der Waals surface area contributed by atoms with Crippen LogP contribution in [0.3, 0.4) is 0 Å². The first-order chi connectivity index (χ1) is 13.6. The van der Waals surface area contributed by atoms with Crippen molar-refractivity contribution in [3.8, 4) is 5.75 Å². The van der Waals surface area contributed by atoms with Crippen molar-refractivity contribution in [2.24, 2.45) is 11.7 Å². The van der Waals surface area contributed by atoms with Gasteiger partial charge in [0.05, 0.1) is 26.0 Å². The Labute approximate surface area is 162 Å². The predicted octanol–water partition coefficient (Wildman–Crippen LogP) is 0.896. The highest BCUT2D eigenvalue weighted by Gasteiger charge is 2.32. The number of benzene rings is 1. The molecule has 28 heavy (non-hydrogen) atoms. The lowest BCUT2D eigenvalue weighted by Crippen LogP contribution is -2.42. The number of aromatic nitrogens is 3. The van der Waals surface area contributed by atoms with E-state index in [9.17, 15) is 9.59 Å². The van der Waals surface area contributed by atoms with Crippen molar-refractivity contribution in [3.63, 3.8) is 0 Å². The van der Waals surface area contributed by atoms with E-state index in [1.54, 1.807) is 16.7 Å². The fourth-order valence-electron chi connectivity index (χ4n) is 3.71. The average Bonchev–Trinajstić information content (AvgIpc) is 3.16. The van der Waals surface area contributed by atoms with Gasteiger partial charge in [-0.2, -0.15) is 0 Å². The van der Waals surface area contributed by atoms with Crippen molar-refractivity contribution in [2.75, 3.05) is 20.2 Å². The van der Waals surface area contributed by atoms with Crippen molar-refractivity contribution in [2.45, 2.75) is 32.1 Å². The van der Waals surface area contributed by atoms with Crippen molar-refractivity contribution in [1.29, 1.82) is 0 Å². The van der Waals surface area contributed by atoms with E-state index in [-0.39, 0.29) is 30.4 Å². The Morgan fingerprint density at radius 2 is 1.93 bits per heavy atom. The molecule has 0 bridgehead atoms. The fourth-order valence-corrected chi connectivity index (χ4v) is 3.71. The molecule has 2 amide bonds. The quantitative estimate of drug-likeness (QED) is 0.837. The van der Waals surface area contributed by atoms with Gasteiger partial charge in [0, 0.05) is 19.0 Å². The van der Waals surface area contributed by atoms with Gasteiger partial charge in [0.1, 0.15) is 11.9 Å². The lowest BCUT2D eigenvalue weighted by molar-refractivity contribution is -0.123. The number of primary amides is 1. The van der Waals surface area contributed by atoms with E-state index in [4.69, 9.17) is 15.2 Å². The number of fused-ring (bicyclic) bond motifs is 1. The van der Waals surface area contributed by atoms with Crippen molar-refractivity contribution in [3.05, 3.63) is 41.2 Å². The predicted molar refractivity (Wildman–Crippen MR) is 98.4 cm³/mol. The van der Waals surface area contributed by atoms with Crippen LogP contribution in [0.1, 0.15) is 40.7 Å². The molecule has 1 aromatic heterocycles. The third-order valence-corrected chi connectivity index (χ3v) is 5.47. The summed E-state index contributed by atoms with van der Waals surface area (Å²) >= 11 is 0. The molecule has 2 aliphatic rings. The lowest BCUT2D eigenvalue weighted by Gasteiger charge is -2.30. The number of nitrogens with zero attached hydrogens (tertiary/aromatic N) is 4. The van der Waals surface area contributed by atoms with E-state index < -0.39 is 0 Å². The second kappa shape index (κ2) is 7.59. The third kappa shape index (κ3) is 3.45. The topological polar surface area (TPSA) is 113 Å². The third-order valence-electron chi connectivity index (χ3n) is 5.47. The number of likely N-dealkylation sites (tertiary alicyclic amines) is 1. The highest BCUT2D eigenvalue weighted by atomic mass is 16.5. The molecular formula is C19H23N5O4. The van der Waals surface area contributed by atoms with Crippen LogP contribution in [0.15, 0.2) is 24.3 Å². The zero-order valence-electron chi connectivity index (χ0n) is 15.7. The van der Waals surface area contributed by atoms with E-state index in [0.29, 0.717) is 43.9 Å². The van der Waals surface area contributed by atoms with Gasteiger partial charge in [-0.3, -0.25) is 9.59 Å². The molecule has 0 radical (unpaired) electrons. The summed E-state index contributed by atoms with van der Waals surface area (Å²) in [7, 11) is 1.63. The van der Waals surface area contributed by atoms with Crippen LogP contribution in [0.4, 0.5) is 0 Å². The Hall–Kier alpha value is -2.94. The molecule has 0 saturated carbocycles. The van der Waals surface area contributed by atoms with Gasteiger partial charge in [-0.1, -0.05) is 17.3 Å². The van der Waals surface area contributed by atoms with Gasteiger partial charge in [-0.05, 0) is 30.5 Å². The van der Waals surface area contributed by atoms with Crippen LogP contribution in [0.5, 0.6) is 5.75 Å². The summed E-state index contributed by atoms with van der Waals surface area (Å²) in [4.78, 5) is 25.9. The van der Waals surface area contributed by atoms with Crippen LogP contribution in [0.2, 0.25) is 0 Å². The molecule has 4 rings (SSSR count). The van der Waals surface area contributed by atoms with Gasteiger partial charge in [-0.15, -0.1) is 5.10 Å². The molecule has 3 heterocycles. The van der Waals surface area contributed by atoms with Crippen LogP contribution in [0.25, 0.3) is 0 Å². The Kier molecular flexibility index (Phi) is 4.99. The van der Waals surface area contributed by atoms with E-state index in [2.05, 4.69) is 10.3 Å². The van der Waals surface area contributed by atoms with Gasteiger partial charge >= 0.3 is 0 Å². The molecule has 148 valence electrons. The van der Waals surface area contributed by atoms with Crippen LogP contribution < -0.4 is 10.5 Å². The van der Waals surface area contributed by atoms with Crippen LogP contribution in [0, 0.1) is 5.92 Å². The molecule has 2 N–H and O–H groups in total. The largest absolute Gasteiger partial charge is 0.497 e. The number of piperidine rings is 1. The molecule has 2 aliphatic heterocycles. The molecule has 0 spiro atoms. The normalized spacial score (nSPS) is 19.9. The minimum absolute atomic E-state index is 0.158. The summed E-state index contributed by atoms with van der Waals surface area (Å²) in [5.74, 6) is 0.155. The maximum absolute atomic E-state index is 12.9. The SMILES string of the molecule is COc1ccc([C@@H]2Cn3nnc(C(=O)N4CCC(C(N)=O)CC4)c3CO2)cc1. The standard InChI is InChI=1S/C19H23N5O4/c1-27-14-4-2-12(3-5-14)16-10-24-15(11-28-16)17(21-22-24)19(26)23-8-6-13(7-9-23)18(20)25/h2-5,13,16H,6-11H2,1H3,(H2,20,25)/t16-/m0/s1. The van der Waals surface area contributed by atoms with Crippen LogP contribution in [-0.4, -0.2) is 51.9 Å². The molecule has 9 heteroatoms. The van der Waals surface area contributed by atoms with E-state index >= 15 is 0 Å². The molecule has 9 nitrogen and oxygen atoms in total. The van der Waals surface area contributed by atoms with Crippen molar-refractivity contribution < 1.29 is 19.1 Å². The fraction of sp³-hybridized carbons (Fsp3) is 0.474. The Balaban J connectivity index is 1.45. The maximum Gasteiger partial charge on any atom is 0.276 e. The Morgan fingerprint density at radius 1 is 1.21 bits per heavy atom. The minimum atomic E-state index is -0.300. The number of hydrogen-bond donors (Lipinski definition) is 1. The average molecular weight is 385 g/mol. The first kappa shape index (κ1) is 18.4. The van der Waals surface area contributed by atoms with Crippen LogP contribution >= 0.6 is 0 Å². The number of carbonyl (C=O) groups excluding carboxylic acids is 2. The zero-order valence-corrected chi connectivity index (χ0v) is 15.7. The number of nitrogens with two attached hydrogens (primary N) is 1. The summed E-state index contributed by atoms with van der Waals surface area (Å²) in [5.41, 5.74) is 7.39. The highest BCUT2D eigenvalue weighted by Crippen LogP contribution is 2.29. The Bertz CT molecular complexity index is 871. The van der Waals surface area contributed by atoms with Gasteiger partial charge in [0.25, 0.3) is 5.91 Å². The number of ether oxygens (including phenoxy) is 2. The maximum atomic E-state index is 12.9. The summed E-state index contributed by atoms with van der Waals surface area (Å²) in [6.45, 7) is 1.75. The zero-order chi connectivity index (χ0) is 19.7. The summed E-state index contributed by atoms with van der Waals surface area (Å²) in [6, 6.07) is 7.70. The highest BCUT2D eigenvalue weighted by molar-refractivity contribution is 5.93. The molecule has 2 aromatic rings. The second-order valence-corrected chi connectivity index (χ2v) is 7.11. The molecule has 1 aromatic carbocycles. The molecule has 1 saturated heterocycles. The molecule has 0 unspecified atom stereocenters. The molecule has 0 aliphatic carbocycles. The number of methoxy groups -OCH3 is 1. The first-order valence-electron chi connectivity index (χ1n) is 9.33.